The van der Waals surface area contributed by atoms with Crippen LogP contribution in [0.3, 0.4) is 0 Å². The van der Waals surface area contributed by atoms with Crippen LogP contribution in [0.1, 0.15) is 61.4 Å². The molecular weight excluding hydrogens is 360 g/mol. The van der Waals surface area contributed by atoms with Gasteiger partial charge in [0.15, 0.2) is 17.3 Å². The van der Waals surface area contributed by atoms with E-state index >= 15 is 0 Å². The minimum absolute atomic E-state index is 0.0403. The fourth-order valence-corrected chi connectivity index (χ4v) is 4.30. The van der Waals surface area contributed by atoms with Crippen molar-refractivity contribution in [1.82, 2.24) is 34.3 Å². The van der Waals surface area contributed by atoms with E-state index in [1.54, 1.807) is 17.1 Å². The predicted molar refractivity (Wildman–Crippen MR) is 98.8 cm³/mol. The van der Waals surface area contributed by atoms with Crippen molar-refractivity contribution in [1.29, 1.82) is 0 Å². The Bertz CT molecular complexity index is 1040. The molecule has 1 aliphatic carbocycles. The lowest BCUT2D eigenvalue weighted by atomic mass is 10.0. The van der Waals surface area contributed by atoms with Crippen molar-refractivity contribution in [3.8, 4) is 11.6 Å². The van der Waals surface area contributed by atoms with Gasteiger partial charge >= 0.3 is 5.97 Å². The third kappa shape index (κ3) is 2.48. The van der Waals surface area contributed by atoms with Crippen LogP contribution in [0.25, 0.3) is 11.6 Å². The van der Waals surface area contributed by atoms with Crippen LogP contribution in [-0.4, -0.2) is 51.4 Å². The first-order valence-corrected chi connectivity index (χ1v) is 9.50. The van der Waals surface area contributed by atoms with Crippen LogP contribution >= 0.6 is 0 Å². The van der Waals surface area contributed by atoms with Gasteiger partial charge in [-0.1, -0.05) is 19.8 Å². The normalized spacial score (nSPS) is 18.9. The topological polar surface area (TPSA) is 115 Å². The van der Waals surface area contributed by atoms with Gasteiger partial charge in [-0.3, -0.25) is 9.13 Å². The molecule has 0 saturated heterocycles. The summed E-state index contributed by atoms with van der Waals surface area (Å²) in [6.45, 7) is 2.15. The fourth-order valence-electron chi connectivity index (χ4n) is 4.30. The summed E-state index contributed by atoms with van der Waals surface area (Å²) in [6, 6.07) is 0.493. The summed E-state index contributed by atoms with van der Waals surface area (Å²) in [5, 5.41) is 17.6. The zero-order chi connectivity index (χ0) is 19.3. The highest BCUT2D eigenvalue weighted by Gasteiger charge is 2.38. The molecule has 10 nitrogen and oxygen atoms in total. The number of carboxylic acid groups (broad SMARTS) is 1. The highest BCUT2D eigenvalue weighted by Crippen LogP contribution is 2.42. The molecule has 4 heterocycles. The summed E-state index contributed by atoms with van der Waals surface area (Å²) in [5.74, 6) is 1.06. The number of fused-ring (bicyclic) bond motifs is 3. The molecule has 2 aliphatic rings. The van der Waals surface area contributed by atoms with Crippen molar-refractivity contribution in [2.45, 2.75) is 51.1 Å². The lowest BCUT2D eigenvalue weighted by molar-refractivity contribution is 0.0691. The van der Waals surface area contributed by atoms with E-state index in [0.29, 0.717) is 12.0 Å². The zero-order valence-electron chi connectivity index (χ0n) is 15.4. The van der Waals surface area contributed by atoms with Crippen molar-refractivity contribution in [3.63, 3.8) is 0 Å². The van der Waals surface area contributed by atoms with Gasteiger partial charge in [-0.25, -0.2) is 14.8 Å². The van der Waals surface area contributed by atoms with Crippen molar-refractivity contribution in [2.24, 2.45) is 0 Å². The van der Waals surface area contributed by atoms with E-state index in [9.17, 15) is 4.79 Å². The molecule has 0 aromatic carbocycles. The van der Waals surface area contributed by atoms with Gasteiger partial charge in [-0.15, -0.1) is 10.2 Å². The quantitative estimate of drug-likeness (QED) is 0.732. The first-order chi connectivity index (χ1) is 13.7. The second kappa shape index (κ2) is 6.39. The van der Waals surface area contributed by atoms with Gasteiger partial charge in [-0.05, 0) is 19.3 Å². The molecule has 0 radical (unpaired) electrons. The number of imidazole rings is 1. The van der Waals surface area contributed by atoms with E-state index in [2.05, 4.69) is 32.0 Å². The van der Waals surface area contributed by atoms with Gasteiger partial charge in [0.1, 0.15) is 18.3 Å². The Morgan fingerprint density at radius 1 is 1.25 bits per heavy atom. The zero-order valence-corrected chi connectivity index (χ0v) is 15.4. The summed E-state index contributed by atoms with van der Waals surface area (Å²) in [7, 11) is 0. The molecule has 10 heteroatoms. The van der Waals surface area contributed by atoms with Crippen molar-refractivity contribution >= 4 is 11.8 Å². The van der Waals surface area contributed by atoms with Gasteiger partial charge < -0.3 is 10.0 Å². The van der Waals surface area contributed by atoms with Crippen LogP contribution in [0.5, 0.6) is 0 Å². The Morgan fingerprint density at radius 2 is 2.07 bits per heavy atom. The summed E-state index contributed by atoms with van der Waals surface area (Å²) < 4.78 is 3.49. The molecule has 0 spiro atoms. The SMILES string of the molecule is CCC1c2nncn2-c2cnc(-n3cnc(C(=O)O)c3)nc2N1C1CCCC1. The van der Waals surface area contributed by atoms with Crippen LogP contribution in [0.2, 0.25) is 0 Å². The maximum absolute atomic E-state index is 11.2. The maximum Gasteiger partial charge on any atom is 0.356 e. The van der Waals surface area contributed by atoms with Crippen LogP contribution < -0.4 is 4.90 Å². The van der Waals surface area contributed by atoms with Crippen LogP contribution in [0, 0.1) is 0 Å². The van der Waals surface area contributed by atoms with Crippen molar-refractivity contribution in [3.05, 3.63) is 36.6 Å². The molecular formula is C18H20N8O2. The molecule has 1 saturated carbocycles. The Morgan fingerprint density at radius 3 is 2.79 bits per heavy atom. The molecule has 5 rings (SSSR count). The molecule has 28 heavy (non-hydrogen) atoms. The summed E-state index contributed by atoms with van der Waals surface area (Å²) in [6.07, 6.45) is 11.9. The number of anilines is 1. The minimum atomic E-state index is -1.08. The highest BCUT2D eigenvalue weighted by atomic mass is 16.4. The van der Waals surface area contributed by atoms with Gasteiger partial charge in [0, 0.05) is 12.2 Å². The number of nitrogens with zero attached hydrogens (tertiary/aromatic N) is 8. The first kappa shape index (κ1) is 16.8. The molecule has 1 atom stereocenters. The molecule has 0 amide bonds. The van der Waals surface area contributed by atoms with E-state index in [1.807, 2.05) is 4.57 Å². The monoisotopic (exact) mass is 380 g/mol. The average molecular weight is 380 g/mol. The number of carboxylic acids is 1. The van der Waals surface area contributed by atoms with Crippen LogP contribution in [0.15, 0.2) is 25.0 Å². The smallest absolute Gasteiger partial charge is 0.356 e. The second-order valence-electron chi connectivity index (χ2n) is 7.18. The number of hydrogen-bond donors (Lipinski definition) is 1. The number of hydrogen-bond acceptors (Lipinski definition) is 7. The summed E-state index contributed by atoms with van der Waals surface area (Å²) in [5.41, 5.74) is 0.806. The largest absolute Gasteiger partial charge is 0.476 e. The molecule has 1 unspecified atom stereocenters. The van der Waals surface area contributed by atoms with E-state index in [4.69, 9.17) is 10.1 Å². The minimum Gasteiger partial charge on any atom is -0.476 e. The summed E-state index contributed by atoms with van der Waals surface area (Å²) >= 11 is 0. The molecule has 3 aromatic rings. The van der Waals surface area contributed by atoms with E-state index in [0.717, 1.165) is 36.6 Å². The number of rotatable bonds is 4. The molecule has 1 fully saturated rings. The Kier molecular flexibility index (Phi) is 3.85. The Labute approximate surface area is 160 Å². The first-order valence-electron chi connectivity index (χ1n) is 9.50. The highest BCUT2D eigenvalue weighted by molar-refractivity contribution is 5.85. The standard InChI is InChI=1S/C18H20N8O2/c1-2-13-16-23-21-10-25(16)14-7-19-18(24-8-12(17(27)28)20-9-24)22-15(14)26(13)11-5-3-4-6-11/h7-11,13H,2-6H2,1H3,(H,27,28). The van der Waals surface area contributed by atoms with E-state index < -0.39 is 5.97 Å². The predicted octanol–water partition coefficient (Wildman–Crippen LogP) is 2.15. The van der Waals surface area contributed by atoms with Crippen molar-refractivity contribution in [2.75, 3.05) is 4.90 Å². The van der Waals surface area contributed by atoms with E-state index in [1.165, 1.54) is 25.4 Å². The van der Waals surface area contributed by atoms with Gasteiger partial charge in [0.05, 0.1) is 12.2 Å². The van der Waals surface area contributed by atoms with E-state index in [-0.39, 0.29) is 11.7 Å². The maximum atomic E-state index is 11.2. The van der Waals surface area contributed by atoms with Gasteiger partial charge in [-0.2, -0.15) is 4.98 Å². The Hall–Kier alpha value is -3.30. The fraction of sp³-hybridized carbons (Fsp3) is 0.444. The molecule has 3 aromatic heterocycles. The molecule has 1 aliphatic heterocycles. The van der Waals surface area contributed by atoms with Crippen molar-refractivity contribution < 1.29 is 9.90 Å². The summed E-state index contributed by atoms with van der Waals surface area (Å²) in [4.78, 5) is 26.7. The third-order valence-corrected chi connectivity index (χ3v) is 5.59. The van der Waals surface area contributed by atoms with Gasteiger partial charge in [0.2, 0.25) is 5.95 Å². The number of aromatic carboxylic acids is 1. The average Bonchev–Trinajstić information content (AvgIpc) is 3.47. The molecule has 1 N–H and O–H groups in total. The van der Waals surface area contributed by atoms with Gasteiger partial charge in [0.25, 0.3) is 0 Å². The number of aromatic nitrogens is 7. The Balaban J connectivity index is 1.66. The molecule has 144 valence electrons. The second-order valence-corrected chi connectivity index (χ2v) is 7.18. The van der Waals surface area contributed by atoms with Crippen LogP contribution in [0.4, 0.5) is 5.82 Å². The lowest BCUT2D eigenvalue weighted by Crippen LogP contribution is -2.42. The number of carbonyl (C=O) groups is 1. The lowest BCUT2D eigenvalue weighted by Gasteiger charge is -2.40. The third-order valence-electron chi connectivity index (χ3n) is 5.59. The molecule has 0 bridgehead atoms. The van der Waals surface area contributed by atoms with Crippen LogP contribution in [-0.2, 0) is 0 Å².